The summed E-state index contributed by atoms with van der Waals surface area (Å²) in [6.45, 7) is 2.96. The van der Waals surface area contributed by atoms with Crippen LogP contribution in [0.15, 0.2) is 30.5 Å². The molecule has 1 N–H and O–H groups in total. The number of H-pyrrole nitrogens is 1. The summed E-state index contributed by atoms with van der Waals surface area (Å²) in [5.41, 5.74) is 2.70. The monoisotopic (exact) mass is 326 g/mol. The lowest BCUT2D eigenvalue weighted by molar-refractivity contribution is 0.0595. The van der Waals surface area contributed by atoms with Crippen LogP contribution in [-0.4, -0.2) is 38.6 Å². The van der Waals surface area contributed by atoms with E-state index in [0.717, 1.165) is 56.5 Å². The lowest BCUT2D eigenvalue weighted by Gasteiger charge is -2.35. The first-order chi connectivity index (χ1) is 11.8. The lowest BCUT2D eigenvalue weighted by atomic mass is 9.96. The number of rotatable bonds is 6. The third kappa shape index (κ3) is 4.02. The number of hydrogen-bond donors (Lipinski definition) is 1. The predicted octanol–water partition coefficient (Wildman–Crippen LogP) is 3.38. The molecule has 3 rings (SSSR count). The zero-order chi connectivity index (χ0) is 16.8. The molecule has 1 aliphatic rings. The molecule has 128 valence electrons. The van der Waals surface area contributed by atoms with Gasteiger partial charge in [-0.15, -0.1) is 0 Å². The van der Waals surface area contributed by atoms with Gasteiger partial charge in [0.2, 0.25) is 0 Å². The Kier molecular flexibility index (Phi) is 5.62. The summed E-state index contributed by atoms with van der Waals surface area (Å²) >= 11 is 0. The van der Waals surface area contributed by atoms with Crippen LogP contribution in [-0.2, 0) is 12.8 Å². The molecule has 1 amide bonds. The minimum absolute atomic E-state index is 0.0688. The molecule has 0 aliphatic carbocycles. The number of aryl methyl sites for hydroxylation is 2. The van der Waals surface area contributed by atoms with Gasteiger partial charge in [0, 0.05) is 30.2 Å². The van der Waals surface area contributed by atoms with Crippen molar-refractivity contribution in [1.29, 1.82) is 0 Å². The van der Waals surface area contributed by atoms with Crippen LogP contribution in [0.25, 0.3) is 0 Å². The molecule has 0 aromatic carbocycles. The van der Waals surface area contributed by atoms with Gasteiger partial charge >= 0.3 is 0 Å². The van der Waals surface area contributed by atoms with E-state index >= 15 is 0 Å². The van der Waals surface area contributed by atoms with Crippen molar-refractivity contribution in [3.8, 4) is 0 Å². The van der Waals surface area contributed by atoms with Gasteiger partial charge < -0.3 is 4.90 Å². The topological polar surface area (TPSA) is 61.9 Å². The van der Waals surface area contributed by atoms with Crippen LogP contribution in [0.1, 0.15) is 60.9 Å². The smallest absolute Gasteiger partial charge is 0.274 e. The van der Waals surface area contributed by atoms with E-state index in [1.807, 2.05) is 29.3 Å². The molecule has 5 heteroatoms. The molecule has 2 aromatic heterocycles. The Morgan fingerprint density at radius 3 is 3.04 bits per heavy atom. The minimum Gasteiger partial charge on any atom is -0.334 e. The van der Waals surface area contributed by atoms with E-state index in [-0.39, 0.29) is 5.91 Å². The Morgan fingerprint density at radius 1 is 1.33 bits per heavy atom. The van der Waals surface area contributed by atoms with E-state index < -0.39 is 0 Å². The van der Waals surface area contributed by atoms with Crippen molar-refractivity contribution in [1.82, 2.24) is 20.1 Å². The highest BCUT2D eigenvalue weighted by atomic mass is 16.2. The lowest BCUT2D eigenvalue weighted by Crippen LogP contribution is -2.44. The first-order valence-electron chi connectivity index (χ1n) is 9.03. The quantitative estimate of drug-likeness (QED) is 0.885. The van der Waals surface area contributed by atoms with Crippen molar-refractivity contribution in [2.75, 3.05) is 6.54 Å². The van der Waals surface area contributed by atoms with Crippen molar-refractivity contribution in [2.45, 2.75) is 57.9 Å². The van der Waals surface area contributed by atoms with Gasteiger partial charge in [0.15, 0.2) is 0 Å². The van der Waals surface area contributed by atoms with E-state index in [9.17, 15) is 4.79 Å². The summed E-state index contributed by atoms with van der Waals surface area (Å²) in [7, 11) is 0. The molecule has 1 atom stereocenters. The Hall–Kier alpha value is -2.17. The Bertz CT molecular complexity index is 652. The SMILES string of the molecule is CCCc1cc(C(=O)N2CCCC[C@@H]2CCc2ccccn2)n[nH]1. The molecule has 0 spiro atoms. The zero-order valence-electron chi connectivity index (χ0n) is 14.4. The molecule has 3 heterocycles. The van der Waals surface area contributed by atoms with E-state index in [2.05, 4.69) is 28.2 Å². The second-order valence-electron chi connectivity index (χ2n) is 6.54. The third-order valence-corrected chi connectivity index (χ3v) is 4.72. The van der Waals surface area contributed by atoms with E-state index in [1.165, 1.54) is 6.42 Å². The number of nitrogens with zero attached hydrogens (tertiary/aromatic N) is 3. The number of pyridine rings is 1. The standard InChI is InChI=1S/C19H26N4O/c1-2-7-16-14-18(22-21-16)19(24)23-13-6-4-9-17(23)11-10-15-8-3-5-12-20-15/h3,5,8,12,14,17H,2,4,6-7,9-11,13H2,1H3,(H,21,22)/t17-/m1/s1. The van der Waals surface area contributed by atoms with Crippen LogP contribution >= 0.6 is 0 Å². The molecule has 1 fully saturated rings. The van der Waals surface area contributed by atoms with E-state index in [0.29, 0.717) is 11.7 Å². The number of aromatic amines is 1. The molecule has 1 saturated heterocycles. The number of amides is 1. The van der Waals surface area contributed by atoms with Gasteiger partial charge in [0.1, 0.15) is 5.69 Å². The maximum Gasteiger partial charge on any atom is 0.274 e. The molecule has 5 nitrogen and oxygen atoms in total. The molecule has 1 aliphatic heterocycles. The summed E-state index contributed by atoms with van der Waals surface area (Å²) < 4.78 is 0. The maximum atomic E-state index is 12.9. The van der Waals surface area contributed by atoms with Crippen LogP contribution in [0.5, 0.6) is 0 Å². The van der Waals surface area contributed by atoms with Gasteiger partial charge in [0.25, 0.3) is 5.91 Å². The normalized spacial score (nSPS) is 17.9. The van der Waals surface area contributed by atoms with Crippen molar-refractivity contribution >= 4 is 5.91 Å². The van der Waals surface area contributed by atoms with Crippen molar-refractivity contribution in [3.05, 3.63) is 47.5 Å². The Morgan fingerprint density at radius 2 is 2.25 bits per heavy atom. The fraction of sp³-hybridized carbons (Fsp3) is 0.526. The highest BCUT2D eigenvalue weighted by molar-refractivity contribution is 5.92. The first kappa shape index (κ1) is 16.7. The molecular weight excluding hydrogens is 300 g/mol. The molecule has 24 heavy (non-hydrogen) atoms. The van der Waals surface area contributed by atoms with Crippen molar-refractivity contribution < 1.29 is 4.79 Å². The van der Waals surface area contributed by atoms with Gasteiger partial charge in [-0.05, 0) is 56.7 Å². The minimum atomic E-state index is 0.0688. The molecule has 0 saturated carbocycles. The van der Waals surface area contributed by atoms with Gasteiger partial charge in [-0.3, -0.25) is 14.9 Å². The maximum absolute atomic E-state index is 12.9. The zero-order valence-corrected chi connectivity index (χ0v) is 14.4. The largest absolute Gasteiger partial charge is 0.334 e. The van der Waals surface area contributed by atoms with Crippen LogP contribution in [0.4, 0.5) is 0 Å². The average molecular weight is 326 g/mol. The summed E-state index contributed by atoms with van der Waals surface area (Å²) in [6.07, 6.45) is 9.04. The molecule has 0 unspecified atom stereocenters. The van der Waals surface area contributed by atoms with Gasteiger partial charge in [-0.2, -0.15) is 5.10 Å². The van der Waals surface area contributed by atoms with Gasteiger partial charge in [-0.25, -0.2) is 0 Å². The summed E-state index contributed by atoms with van der Waals surface area (Å²) in [5, 5.41) is 7.23. The fourth-order valence-electron chi connectivity index (χ4n) is 3.44. The number of nitrogens with one attached hydrogen (secondary N) is 1. The Balaban J connectivity index is 1.65. The summed E-state index contributed by atoms with van der Waals surface area (Å²) in [4.78, 5) is 19.3. The van der Waals surface area contributed by atoms with Gasteiger partial charge in [-0.1, -0.05) is 19.4 Å². The van der Waals surface area contributed by atoms with Crippen molar-refractivity contribution in [3.63, 3.8) is 0 Å². The highest BCUT2D eigenvalue weighted by Gasteiger charge is 2.28. The van der Waals surface area contributed by atoms with Crippen LogP contribution in [0, 0.1) is 0 Å². The second kappa shape index (κ2) is 8.08. The fourth-order valence-corrected chi connectivity index (χ4v) is 3.44. The van der Waals surface area contributed by atoms with E-state index in [1.54, 1.807) is 0 Å². The summed E-state index contributed by atoms with van der Waals surface area (Å²) in [5.74, 6) is 0.0688. The number of hydrogen-bond acceptors (Lipinski definition) is 3. The number of carbonyl (C=O) groups is 1. The van der Waals surface area contributed by atoms with Gasteiger partial charge in [0.05, 0.1) is 0 Å². The highest BCUT2D eigenvalue weighted by Crippen LogP contribution is 2.23. The second-order valence-corrected chi connectivity index (χ2v) is 6.54. The number of piperidine rings is 1. The molecular formula is C19H26N4O. The summed E-state index contributed by atoms with van der Waals surface area (Å²) in [6, 6.07) is 8.21. The number of likely N-dealkylation sites (tertiary alicyclic amines) is 1. The van der Waals surface area contributed by atoms with Crippen LogP contribution in [0.2, 0.25) is 0 Å². The average Bonchev–Trinajstić information content (AvgIpc) is 3.09. The molecule has 2 aromatic rings. The van der Waals surface area contributed by atoms with Crippen LogP contribution in [0.3, 0.4) is 0 Å². The Labute approximate surface area is 143 Å². The number of carbonyl (C=O) groups excluding carboxylic acids is 1. The van der Waals surface area contributed by atoms with Crippen LogP contribution < -0.4 is 0 Å². The van der Waals surface area contributed by atoms with Crippen molar-refractivity contribution in [2.24, 2.45) is 0 Å². The number of aromatic nitrogens is 3. The predicted molar refractivity (Wildman–Crippen MR) is 93.8 cm³/mol. The van der Waals surface area contributed by atoms with E-state index in [4.69, 9.17) is 0 Å². The molecule has 0 radical (unpaired) electrons. The first-order valence-corrected chi connectivity index (χ1v) is 9.03. The molecule has 0 bridgehead atoms. The third-order valence-electron chi connectivity index (χ3n) is 4.72.